The lowest BCUT2D eigenvalue weighted by Crippen LogP contribution is -2.48. The number of benzene rings is 2. The predicted octanol–water partition coefficient (Wildman–Crippen LogP) is 3.63. The number of rotatable bonds is 6. The minimum atomic E-state index is -1.06. The van der Waals surface area contributed by atoms with Crippen molar-refractivity contribution in [2.45, 2.75) is 44.2 Å². The molecular weight excluding hydrogens is 408 g/mol. The average Bonchev–Trinajstić information content (AvgIpc) is 3.38. The van der Waals surface area contributed by atoms with Crippen LogP contribution in [0.25, 0.3) is 11.1 Å². The molecule has 0 radical (unpaired) electrons. The van der Waals surface area contributed by atoms with Crippen LogP contribution >= 0.6 is 0 Å². The number of hydrogen-bond acceptors (Lipinski definition) is 4. The van der Waals surface area contributed by atoms with Gasteiger partial charge in [-0.05, 0) is 42.0 Å². The van der Waals surface area contributed by atoms with E-state index < -0.39 is 24.0 Å². The summed E-state index contributed by atoms with van der Waals surface area (Å²) < 4.78 is 5.61. The number of aliphatic carboxylic acids is 1. The summed E-state index contributed by atoms with van der Waals surface area (Å²) in [4.78, 5) is 37.9. The summed E-state index contributed by atoms with van der Waals surface area (Å²) in [5.41, 5.74) is 4.60. The van der Waals surface area contributed by atoms with Gasteiger partial charge < -0.3 is 20.1 Å². The third kappa shape index (κ3) is 4.07. The number of nitrogens with zero attached hydrogens (tertiary/aromatic N) is 1. The lowest BCUT2D eigenvalue weighted by atomic mass is 9.98. The van der Waals surface area contributed by atoms with Crippen molar-refractivity contribution >= 4 is 18.0 Å². The molecule has 2 aromatic rings. The summed E-state index contributed by atoms with van der Waals surface area (Å²) in [6.45, 7) is 1.68. The minimum Gasteiger partial charge on any atom is -0.480 e. The fourth-order valence-corrected chi connectivity index (χ4v) is 4.84. The zero-order valence-electron chi connectivity index (χ0n) is 18.3. The first-order chi connectivity index (χ1) is 15.4. The van der Waals surface area contributed by atoms with E-state index in [4.69, 9.17) is 4.74 Å². The molecule has 32 heavy (non-hydrogen) atoms. The molecule has 7 nitrogen and oxygen atoms in total. The second-order valence-corrected chi connectivity index (χ2v) is 8.58. The van der Waals surface area contributed by atoms with E-state index in [-0.39, 0.29) is 24.5 Å². The van der Waals surface area contributed by atoms with Gasteiger partial charge in [0.1, 0.15) is 12.6 Å². The van der Waals surface area contributed by atoms with Crippen molar-refractivity contribution in [2.75, 3.05) is 13.7 Å². The minimum absolute atomic E-state index is 0.0308. The van der Waals surface area contributed by atoms with Crippen molar-refractivity contribution in [1.82, 2.24) is 10.2 Å². The Morgan fingerprint density at radius 2 is 1.66 bits per heavy atom. The molecule has 1 fully saturated rings. The molecule has 2 N–H and O–H groups in total. The lowest BCUT2D eigenvalue weighted by molar-refractivity contribution is -0.150. The summed E-state index contributed by atoms with van der Waals surface area (Å²) in [6.07, 6.45) is 1.52. The molecular formula is C25H28N2O5. The van der Waals surface area contributed by atoms with Crippen molar-refractivity contribution in [2.24, 2.45) is 5.92 Å². The number of ether oxygens (including phenoxy) is 1. The van der Waals surface area contributed by atoms with Gasteiger partial charge in [-0.25, -0.2) is 9.59 Å². The van der Waals surface area contributed by atoms with E-state index >= 15 is 0 Å². The molecule has 0 heterocycles. The van der Waals surface area contributed by atoms with E-state index in [9.17, 15) is 19.5 Å². The van der Waals surface area contributed by atoms with Gasteiger partial charge >= 0.3 is 12.1 Å². The van der Waals surface area contributed by atoms with E-state index in [1.54, 1.807) is 0 Å². The number of fused-ring (bicyclic) bond motifs is 3. The largest absolute Gasteiger partial charge is 0.480 e. The van der Waals surface area contributed by atoms with Crippen LogP contribution in [-0.4, -0.2) is 53.7 Å². The number of hydrogen-bond donors (Lipinski definition) is 2. The monoisotopic (exact) mass is 436 g/mol. The van der Waals surface area contributed by atoms with Crippen molar-refractivity contribution in [3.8, 4) is 11.1 Å². The summed E-state index contributed by atoms with van der Waals surface area (Å²) in [5.74, 6) is -1.79. The van der Waals surface area contributed by atoms with Crippen LogP contribution in [-0.2, 0) is 14.3 Å². The summed E-state index contributed by atoms with van der Waals surface area (Å²) in [5, 5.41) is 12.0. The topological polar surface area (TPSA) is 95.9 Å². The highest BCUT2D eigenvalue weighted by Gasteiger charge is 2.38. The molecule has 2 aliphatic rings. The van der Waals surface area contributed by atoms with Crippen LogP contribution in [0.3, 0.4) is 0 Å². The molecule has 168 valence electrons. The molecule has 0 spiro atoms. The third-order valence-corrected chi connectivity index (χ3v) is 6.77. The Balaban J connectivity index is 1.39. The van der Waals surface area contributed by atoms with Crippen molar-refractivity contribution in [3.63, 3.8) is 0 Å². The third-order valence-electron chi connectivity index (χ3n) is 6.77. The number of amides is 2. The van der Waals surface area contributed by atoms with Gasteiger partial charge in [0.15, 0.2) is 0 Å². The number of likely N-dealkylation sites (N-methyl/N-ethyl adjacent to an activating group) is 1. The molecule has 0 aromatic heterocycles. The molecule has 0 saturated heterocycles. The van der Waals surface area contributed by atoms with Crippen molar-refractivity contribution in [1.29, 1.82) is 0 Å². The number of nitrogens with one attached hydrogen (secondary N) is 1. The average molecular weight is 437 g/mol. The molecule has 4 rings (SSSR count). The van der Waals surface area contributed by atoms with Crippen LogP contribution < -0.4 is 5.32 Å². The summed E-state index contributed by atoms with van der Waals surface area (Å²) in [7, 11) is 1.49. The van der Waals surface area contributed by atoms with Crippen LogP contribution in [0.4, 0.5) is 4.79 Å². The second kappa shape index (κ2) is 9.02. The lowest BCUT2D eigenvalue weighted by Gasteiger charge is -2.28. The summed E-state index contributed by atoms with van der Waals surface area (Å²) in [6, 6.07) is 15.0. The van der Waals surface area contributed by atoms with Crippen LogP contribution in [0.5, 0.6) is 0 Å². The van der Waals surface area contributed by atoms with Gasteiger partial charge in [-0.2, -0.15) is 0 Å². The van der Waals surface area contributed by atoms with Crippen LogP contribution in [0.15, 0.2) is 48.5 Å². The van der Waals surface area contributed by atoms with Crippen molar-refractivity contribution < 1.29 is 24.2 Å². The van der Waals surface area contributed by atoms with Gasteiger partial charge in [0.2, 0.25) is 5.91 Å². The molecule has 3 atom stereocenters. The highest BCUT2D eigenvalue weighted by Crippen LogP contribution is 2.44. The van der Waals surface area contributed by atoms with Crippen molar-refractivity contribution in [3.05, 3.63) is 59.7 Å². The molecule has 2 aromatic carbocycles. The maximum absolute atomic E-state index is 12.8. The zero-order valence-corrected chi connectivity index (χ0v) is 18.3. The van der Waals surface area contributed by atoms with Gasteiger partial charge in [0, 0.05) is 19.0 Å². The number of carbonyl (C=O) groups is 3. The highest BCUT2D eigenvalue weighted by atomic mass is 16.5. The smallest absolute Gasteiger partial charge is 0.407 e. The van der Waals surface area contributed by atoms with E-state index in [0.717, 1.165) is 28.7 Å². The summed E-state index contributed by atoms with van der Waals surface area (Å²) >= 11 is 0. The van der Waals surface area contributed by atoms with E-state index in [0.29, 0.717) is 12.8 Å². The fourth-order valence-electron chi connectivity index (χ4n) is 4.84. The standard InChI is InChI=1S/C25H28N2O5/c1-15(24(29)30)27(2)23(28)20-12-7-13-22(20)26-25(31)32-14-21-18-10-5-3-8-16(18)17-9-4-6-11-19(17)21/h3-6,8-11,15,20-22H,7,12-14H2,1-2H3,(H,26,31)(H,29,30). The predicted molar refractivity (Wildman–Crippen MR) is 119 cm³/mol. The Labute approximate surface area is 187 Å². The Morgan fingerprint density at radius 3 is 2.25 bits per heavy atom. The first-order valence-corrected chi connectivity index (χ1v) is 11.0. The first-order valence-electron chi connectivity index (χ1n) is 11.0. The number of carboxylic acids is 1. The zero-order chi connectivity index (χ0) is 22.8. The molecule has 2 amide bonds. The molecule has 0 bridgehead atoms. The molecule has 2 aliphatic carbocycles. The fraction of sp³-hybridized carbons (Fsp3) is 0.400. The molecule has 3 unspecified atom stereocenters. The van der Waals surface area contributed by atoms with Gasteiger partial charge in [-0.3, -0.25) is 4.79 Å². The van der Waals surface area contributed by atoms with Crippen LogP contribution in [0.2, 0.25) is 0 Å². The number of carboxylic acid groups (broad SMARTS) is 1. The normalized spacial score (nSPS) is 20.2. The molecule has 7 heteroatoms. The van der Waals surface area contributed by atoms with Gasteiger partial charge in [0.25, 0.3) is 0 Å². The van der Waals surface area contributed by atoms with Gasteiger partial charge in [-0.1, -0.05) is 55.0 Å². The number of carbonyl (C=O) groups excluding carboxylic acids is 2. The Hall–Kier alpha value is -3.35. The number of alkyl carbamates (subject to hydrolysis) is 1. The Morgan fingerprint density at radius 1 is 1.06 bits per heavy atom. The quantitative estimate of drug-likeness (QED) is 0.721. The highest BCUT2D eigenvalue weighted by molar-refractivity contribution is 5.86. The van der Waals surface area contributed by atoms with E-state index in [2.05, 4.69) is 29.6 Å². The van der Waals surface area contributed by atoms with Crippen LogP contribution in [0, 0.1) is 5.92 Å². The van der Waals surface area contributed by atoms with Gasteiger partial charge in [-0.15, -0.1) is 0 Å². The molecule has 1 saturated carbocycles. The maximum atomic E-state index is 12.8. The first kappa shape index (κ1) is 21.9. The SMILES string of the molecule is CC(C(=O)O)N(C)C(=O)C1CCCC1NC(=O)OCC1c2ccccc2-c2ccccc21. The van der Waals surface area contributed by atoms with E-state index in [1.165, 1.54) is 18.9 Å². The second-order valence-electron chi connectivity index (χ2n) is 8.58. The van der Waals surface area contributed by atoms with E-state index in [1.807, 2.05) is 24.3 Å². The van der Waals surface area contributed by atoms with Crippen LogP contribution in [0.1, 0.15) is 43.2 Å². The van der Waals surface area contributed by atoms with Gasteiger partial charge in [0.05, 0.1) is 5.92 Å². The maximum Gasteiger partial charge on any atom is 0.407 e. The Kier molecular flexibility index (Phi) is 6.17. The Bertz CT molecular complexity index is 991. The molecule has 0 aliphatic heterocycles.